The van der Waals surface area contributed by atoms with Crippen LogP contribution >= 0.6 is 0 Å². The summed E-state index contributed by atoms with van der Waals surface area (Å²) in [4.78, 5) is 20.1. The Labute approximate surface area is 194 Å². The first-order valence-corrected chi connectivity index (χ1v) is 11.5. The van der Waals surface area contributed by atoms with Gasteiger partial charge in [-0.05, 0) is 18.4 Å². The smallest absolute Gasteiger partial charge is 0.232 e. The molecule has 4 rings (SSSR count). The second-order valence-electron chi connectivity index (χ2n) is 9.36. The van der Waals surface area contributed by atoms with Gasteiger partial charge in [-0.1, -0.05) is 30.3 Å². The van der Waals surface area contributed by atoms with Crippen LogP contribution in [0.15, 0.2) is 30.3 Å². The molecule has 33 heavy (non-hydrogen) atoms. The summed E-state index contributed by atoms with van der Waals surface area (Å²) in [6.45, 7) is 2.79. The van der Waals surface area contributed by atoms with Gasteiger partial charge in [0.1, 0.15) is 0 Å². The quantitative estimate of drug-likeness (QED) is 0.352. The molecule has 0 spiro atoms. The summed E-state index contributed by atoms with van der Waals surface area (Å²) in [7, 11) is 1.86. The molecule has 1 aromatic carbocycles. The molecule has 0 bridgehead atoms. The maximum atomic E-state index is 10.7. The van der Waals surface area contributed by atoms with Gasteiger partial charge >= 0.3 is 0 Å². The third kappa shape index (κ3) is 5.87. The highest BCUT2D eigenvalue weighted by atomic mass is 16.3. The molecule has 9 N–H and O–H groups in total. The molecule has 0 saturated carbocycles. The second-order valence-corrected chi connectivity index (χ2v) is 9.36. The van der Waals surface area contributed by atoms with Crippen molar-refractivity contribution in [3.8, 4) is 0 Å². The number of hydrogen-bond acceptors (Lipinski definition) is 11. The van der Waals surface area contributed by atoms with E-state index < -0.39 is 6.10 Å². The van der Waals surface area contributed by atoms with Gasteiger partial charge in [0.25, 0.3) is 0 Å². The Morgan fingerprint density at radius 1 is 0.848 bits per heavy atom. The molecular weight excluding hydrogens is 420 g/mol. The Morgan fingerprint density at radius 2 is 1.30 bits per heavy atom. The van der Waals surface area contributed by atoms with Gasteiger partial charge in [-0.25, -0.2) is 0 Å². The van der Waals surface area contributed by atoms with E-state index in [9.17, 15) is 5.11 Å². The average Bonchev–Trinajstić information content (AvgIpc) is 2.78. The van der Waals surface area contributed by atoms with Crippen LogP contribution in [0.3, 0.4) is 0 Å². The monoisotopic (exact) mass is 456 g/mol. The normalized spacial score (nSPS) is 26.8. The Kier molecular flexibility index (Phi) is 7.25. The third-order valence-electron chi connectivity index (χ3n) is 6.17. The summed E-state index contributed by atoms with van der Waals surface area (Å²) in [6.07, 6.45) is 0.842. The molecule has 5 atom stereocenters. The number of anilines is 3. The molecule has 180 valence electrons. The SMILES string of the molecule is CN(CC(O)c1ccccc1)c1nc(N2C[C@H](N)C[C@H](N)C2)nc(N2C[C@H](N)C[C@H](N)C2)n1. The lowest BCUT2D eigenvalue weighted by molar-refractivity contribution is 0.184. The van der Waals surface area contributed by atoms with Crippen molar-refractivity contribution >= 4 is 17.8 Å². The summed E-state index contributed by atoms with van der Waals surface area (Å²) in [5, 5.41) is 10.7. The van der Waals surface area contributed by atoms with Crippen LogP contribution in [0, 0.1) is 0 Å². The molecule has 0 radical (unpaired) electrons. The molecule has 2 aliphatic rings. The van der Waals surface area contributed by atoms with Crippen molar-refractivity contribution in [2.75, 3.05) is 54.5 Å². The van der Waals surface area contributed by atoms with Gasteiger partial charge in [0.05, 0.1) is 12.6 Å². The lowest BCUT2D eigenvalue weighted by Crippen LogP contribution is -2.54. The van der Waals surface area contributed by atoms with E-state index in [1.807, 2.05) is 52.1 Å². The van der Waals surface area contributed by atoms with Crippen molar-refractivity contribution in [1.29, 1.82) is 0 Å². The van der Waals surface area contributed by atoms with Crippen LogP contribution in [-0.4, -0.2) is 84.0 Å². The molecule has 2 aliphatic heterocycles. The lowest BCUT2D eigenvalue weighted by Gasteiger charge is -2.37. The van der Waals surface area contributed by atoms with Crippen molar-refractivity contribution in [3.05, 3.63) is 35.9 Å². The number of benzene rings is 1. The Morgan fingerprint density at radius 3 is 1.76 bits per heavy atom. The number of nitrogens with two attached hydrogens (primary N) is 4. The van der Waals surface area contributed by atoms with E-state index in [0.29, 0.717) is 50.6 Å². The molecule has 0 aliphatic carbocycles. The molecule has 2 aromatic rings. The van der Waals surface area contributed by atoms with Gasteiger partial charge < -0.3 is 42.7 Å². The van der Waals surface area contributed by atoms with E-state index in [0.717, 1.165) is 18.4 Å². The summed E-state index contributed by atoms with van der Waals surface area (Å²) in [5.74, 6) is 1.51. The van der Waals surface area contributed by atoms with E-state index in [4.69, 9.17) is 37.9 Å². The minimum absolute atomic E-state index is 0.0492. The fourth-order valence-corrected chi connectivity index (χ4v) is 4.60. The summed E-state index contributed by atoms with van der Waals surface area (Å²) >= 11 is 0. The Hall–Kier alpha value is -2.57. The molecule has 11 nitrogen and oxygen atoms in total. The number of piperidine rings is 2. The minimum Gasteiger partial charge on any atom is -0.387 e. The van der Waals surface area contributed by atoms with Crippen molar-refractivity contribution in [2.24, 2.45) is 22.9 Å². The third-order valence-corrected chi connectivity index (χ3v) is 6.17. The number of likely N-dealkylation sites (N-methyl/N-ethyl adjacent to an activating group) is 1. The van der Waals surface area contributed by atoms with E-state index in [1.54, 1.807) is 0 Å². The largest absolute Gasteiger partial charge is 0.387 e. The first-order valence-electron chi connectivity index (χ1n) is 11.5. The van der Waals surface area contributed by atoms with E-state index >= 15 is 0 Å². The molecule has 2 saturated heterocycles. The maximum absolute atomic E-state index is 10.7. The van der Waals surface area contributed by atoms with Crippen LogP contribution in [0.25, 0.3) is 0 Å². The Balaban J connectivity index is 1.63. The Bertz CT molecular complexity index is 851. The molecular formula is C22H36N10O. The molecule has 1 unspecified atom stereocenters. The first kappa shape index (κ1) is 23.6. The van der Waals surface area contributed by atoms with Gasteiger partial charge in [0.15, 0.2) is 0 Å². The summed E-state index contributed by atoms with van der Waals surface area (Å²) in [6, 6.07) is 9.34. The molecule has 3 heterocycles. The second kappa shape index (κ2) is 10.1. The number of hydrogen-bond donors (Lipinski definition) is 5. The number of rotatable bonds is 6. The zero-order chi connectivity index (χ0) is 23.5. The number of aromatic nitrogens is 3. The standard InChI is InChI=1S/C22H36N10O/c1-30(13-19(33)14-5-3-2-4-6-14)20-27-21(31-9-15(23)7-16(24)10-31)29-22(28-20)32-11-17(25)8-18(26)12-32/h2-6,15-19,33H,7-13,23-26H2,1H3/t15-,16+,17-,18+,19?. The lowest BCUT2D eigenvalue weighted by atomic mass is 10.0. The maximum Gasteiger partial charge on any atom is 0.232 e. The number of aliphatic hydroxyl groups is 1. The number of aliphatic hydroxyl groups excluding tert-OH is 1. The van der Waals surface area contributed by atoms with Crippen LogP contribution in [0.1, 0.15) is 24.5 Å². The highest BCUT2D eigenvalue weighted by molar-refractivity contribution is 5.47. The summed E-state index contributed by atoms with van der Waals surface area (Å²) < 4.78 is 0. The van der Waals surface area contributed by atoms with Gasteiger partial charge in [-0.2, -0.15) is 15.0 Å². The molecule has 2 fully saturated rings. The number of nitrogens with zero attached hydrogens (tertiary/aromatic N) is 6. The van der Waals surface area contributed by atoms with Gasteiger partial charge in [0.2, 0.25) is 17.8 Å². The van der Waals surface area contributed by atoms with E-state index in [2.05, 4.69) is 0 Å². The molecule has 1 aromatic heterocycles. The molecule has 11 heteroatoms. The zero-order valence-electron chi connectivity index (χ0n) is 19.2. The van der Waals surface area contributed by atoms with E-state index in [1.165, 1.54) is 0 Å². The van der Waals surface area contributed by atoms with Crippen LogP contribution in [-0.2, 0) is 0 Å². The van der Waals surface area contributed by atoms with Gasteiger partial charge in [0, 0.05) is 57.4 Å². The van der Waals surface area contributed by atoms with Crippen molar-refractivity contribution in [2.45, 2.75) is 43.1 Å². The van der Waals surface area contributed by atoms with Crippen LogP contribution in [0.4, 0.5) is 17.8 Å². The van der Waals surface area contributed by atoms with Gasteiger partial charge in [-0.15, -0.1) is 0 Å². The topological polar surface area (TPSA) is 173 Å². The minimum atomic E-state index is -0.687. The summed E-state index contributed by atoms with van der Waals surface area (Å²) in [5.41, 5.74) is 25.7. The predicted molar refractivity (Wildman–Crippen MR) is 130 cm³/mol. The molecule has 0 amide bonds. The van der Waals surface area contributed by atoms with Crippen LogP contribution < -0.4 is 37.6 Å². The van der Waals surface area contributed by atoms with Crippen molar-refractivity contribution < 1.29 is 5.11 Å². The van der Waals surface area contributed by atoms with Crippen molar-refractivity contribution in [1.82, 2.24) is 15.0 Å². The van der Waals surface area contributed by atoms with Gasteiger partial charge in [-0.3, -0.25) is 0 Å². The highest BCUT2D eigenvalue weighted by Crippen LogP contribution is 2.24. The first-order chi connectivity index (χ1) is 15.8. The zero-order valence-corrected chi connectivity index (χ0v) is 19.2. The average molecular weight is 457 g/mol. The highest BCUT2D eigenvalue weighted by Gasteiger charge is 2.29. The fourth-order valence-electron chi connectivity index (χ4n) is 4.60. The predicted octanol–water partition coefficient (Wildman–Crippen LogP) is -1.23. The van der Waals surface area contributed by atoms with E-state index in [-0.39, 0.29) is 24.2 Å². The van der Waals surface area contributed by atoms with Crippen LogP contribution in [0.5, 0.6) is 0 Å². The van der Waals surface area contributed by atoms with Crippen molar-refractivity contribution in [3.63, 3.8) is 0 Å². The fraction of sp³-hybridized carbons (Fsp3) is 0.591. The van der Waals surface area contributed by atoms with Crippen LogP contribution in [0.2, 0.25) is 0 Å².